The Hall–Kier alpha value is -2.24. The van der Waals surface area contributed by atoms with Crippen molar-refractivity contribution in [3.63, 3.8) is 0 Å². The molecule has 6 nitrogen and oxygen atoms in total. The van der Waals surface area contributed by atoms with Gasteiger partial charge < -0.3 is 14.8 Å². The molecule has 2 N–H and O–H groups in total. The number of benzene rings is 1. The minimum atomic E-state index is -0.512. The minimum absolute atomic E-state index is 0.227. The van der Waals surface area contributed by atoms with Gasteiger partial charge in [0.15, 0.2) is 0 Å². The van der Waals surface area contributed by atoms with Crippen molar-refractivity contribution in [2.75, 3.05) is 25.1 Å². The predicted octanol–water partition coefficient (Wildman–Crippen LogP) is 2.37. The van der Waals surface area contributed by atoms with Crippen LogP contribution in [0.15, 0.2) is 30.3 Å². The Bertz CT molecular complexity index is 395. The lowest BCUT2D eigenvalue weighted by Crippen LogP contribution is -2.26. The first-order valence-corrected chi connectivity index (χ1v) is 6.12. The van der Waals surface area contributed by atoms with Gasteiger partial charge in [0.25, 0.3) is 0 Å². The molecule has 0 fully saturated rings. The van der Waals surface area contributed by atoms with Crippen LogP contribution in [0.5, 0.6) is 0 Å². The van der Waals surface area contributed by atoms with Crippen LogP contribution in [0.3, 0.4) is 0 Å². The van der Waals surface area contributed by atoms with E-state index >= 15 is 0 Å². The van der Waals surface area contributed by atoms with Crippen LogP contribution in [-0.2, 0) is 9.47 Å². The number of nitrogens with one attached hydrogen (secondary N) is 2. The maximum atomic E-state index is 11.4. The van der Waals surface area contributed by atoms with Crippen molar-refractivity contribution in [2.45, 2.75) is 13.3 Å². The van der Waals surface area contributed by atoms with Gasteiger partial charge in [0.05, 0.1) is 13.2 Å². The van der Waals surface area contributed by atoms with Crippen LogP contribution < -0.4 is 10.6 Å². The van der Waals surface area contributed by atoms with E-state index in [1.165, 1.54) is 0 Å². The van der Waals surface area contributed by atoms with E-state index in [2.05, 4.69) is 15.4 Å². The molecule has 0 radical (unpaired) electrons. The van der Waals surface area contributed by atoms with Crippen LogP contribution in [0, 0.1) is 0 Å². The summed E-state index contributed by atoms with van der Waals surface area (Å²) < 4.78 is 9.62. The molecule has 104 valence electrons. The Kier molecular flexibility index (Phi) is 6.86. The van der Waals surface area contributed by atoms with Gasteiger partial charge in [0.1, 0.15) is 0 Å². The molecule has 0 aromatic heterocycles. The van der Waals surface area contributed by atoms with Crippen LogP contribution in [0.1, 0.15) is 13.3 Å². The summed E-state index contributed by atoms with van der Waals surface area (Å²) in [6.07, 6.45) is -0.445. The van der Waals surface area contributed by atoms with Crippen molar-refractivity contribution >= 4 is 17.9 Å². The molecular formula is C13H18N2O4. The zero-order valence-electron chi connectivity index (χ0n) is 10.8. The lowest BCUT2D eigenvalue weighted by Gasteiger charge is -2.07. The smallest absolute Gasteiger partial charge is 0.411 e. The number of carbonyl (C=O) groups is 2. The molecule has 0 saturated heterocycles. The van der Waals surface area contributed by atoms with Gasteiger partial charge in [0, 0.05) is 12.2 Å². The van der Waals surface area contributed by atoms with Gasteiger partial charge in [-0.2, -0.15) is 0 Å². The Balaban J connectivity index is 2.06. The summed E-state index contributed by atoms with van der Waals surface area (Å²) in [5.41, 5.74) is 0.678. The second-order valence-corrected chi connectivity index (χ2v) is 3.63. The molecule has 0 aliphatic carbocycles. The molecular weight excluding hydrogens is 248 g/mol. The lowest BCUT2D eigenvalue weighted by molar-refractivity contribution is 0.148. The van der Waals surface area contributed by atoms with Crippen molar-refractivity contribution in [1.29, 1.82) is 0 Å². The number of ether oxygens (including phenoxy) is 2. The number of hydrogen-bond acceptors (Lipinski definition) is 4. The molecule has 19 heavy (non-hydrogen) atoms. The molecule has 0 bridgehead atoms. The number of carbonyl (C=O) groups excluding carboxylic acids is 2. The maximum Gasteiger partial charge on any atom is 0.411 e. The van der Waals surface area contributed by atoms with E-state index in [1.54, 1.807) is 19.1 Å². The first kappa shape index (κ1) is 14.8. The summed E-state index contributed by atoms with van der Waals surface area (Å²) in [6, 6.07) is 9.03. The minimum Gasteiger partial charge on any atom is -0.450 e. The van der Waals surface area contributed by atoms with Gasteiger partial charge in [-0.15, -0.1) is 0 Å². The highest BCUT2D eigenvalue weighted by atomic mass is 16.6. The Morgan fingerprint density at radius 3 is 2.53 bits per heavy atom. The summed E-state index contributed by atoms with van der Waals surface area (Å²) in [4.78, 5) is 22.3. The molecule has 0 heterocycles. The second kappa shape index (κ2) is 8.79. The van der Waals surface area contributed by atoms with E-state index in [-0.39, 0.29) is 6.61 Å². The lowest BCUT2D eigenvalue weighted by atomic mass is 10.3. The van der Waals surface area contributed by atoms with Gasteiger partial charge in [-0.3, -0.25) is 5.32 Å². The normalized spacial score (nSPS) is 9.53. The SMILES string of the molecule is CCOC(=O)NCCCOC(=O)Nc1ccccc1. The summed E-state index contributed by atoms with van der Waals surface area (Å²) in [5.74, 6) is 0. The van der Waals surface area contributed by atoms with E-state index in [1.807, 2.05) is 18.2 Å². The fraction of sp³-hybridized carbons (Fsp3) is 0.385. The van der Waals surface area contributed by atoms with E-state index in [0.29, 0.717) is 25.3 Å². The number of alkyl carbamates (subject to hydrolysis) is 1. The number of hydrogen-bond donors (Lipinski definition) is 2. The quantitative estimate of drug-likeness (QED) is 0.775. The number of amides is 2. The molecule has 0 unspecified atom stereocenters. The number of rotatable bonds is 6. The van der Waals surface area contributed by atoms with Crippen LogP contribution in [0.4, 0.5) is 15.3 Å². The predicted molar refractivity (Wildman–Crippen MR) is 71.1 cm³/mol. The zero-order valence-corrected chi connectivity index (χ0v) is 10.8. The van der Waals surface area contributed by atoms with Crippen molar-refractivity contribution in [2.24, 2.45) is 0 Å². The molecule has 0 atom stereocenters. The average molecular weight is 266 g/mol. The molecule has 1 rings (SSSR count). The third-order valence-corrected chi connectivity index (χ3v) is 2.12. The van der Waals surface area contributed by atoms with Crippen LogP contribution in [-0.4, -0.2) is 31.9 Å². The van der Waals surface area contributed by atoms with E-state index in [9.17, 15) is 9.59 Å². The van der Waals surface area contributed by atoms with Gasteiger partial charge in [-0.05, 0) is 25.5 Å². The summed E-state index contributed by atoms with van der Waals surface area (Å²) in [7, 11) is 0. The molecule has 0 spiro atoms. The highest BCUT2D eigenvalue weighted by Gasteiger charge is 2.03. The zero-order chi connectivity index (χ0) is 13.9. The summed E-state index contributed by atoms with van der Waals surface area (Å²) in [5, 5.41) is 5.12. The van der Waals surface area contributed by atoms with Gasteiger partial charge in [-0.25, -0.2) is 9.59 Å². The van der Waals surface area contributed by atoms with Crippen molar-refractivity contribution in [3.8, 4) is 0 Å². The molecule has 0 aliphatic heterocycles. The molecule has 1 aromatic rings. The van der Waals surface area contributed by atoms with Crippen molar-refractivity contribution in [1.82, 2.24) is 5.32 Å². The van der Waals surface area contributed by atoms with Crippen molar-refractivity contribution < 1.29 is 19.1 Å². The molecule has 2 amide bonds. The Morgan fingerprint density at radius 1 is 1.11 bits per heavy atom. The van der Waals surface area contributed by atoms with Gasteiger partial charge >= 0.3 is 12.2 Å². The van der Waals surface area contributed by atoms with Gasteiger partial charge in [0.2, 0.25) is 0 Å². The van der Waals surface area contributed by atoms with E-state index in [4.69, 9.17) is 4.74 Å². The average Bonchev–Trinajstić information content (AvgIpc) is 2.40. The number of para-hydroxylation sites is 1. The van der Waals surface area contributed by atoms with Gasteiger partial charge in [-0.1, -0.05) is 18.2 Å². The monoisotopic (exact) mass is 266 g/mol. The maximum absolute atomic E-state index is 11.4. The second-order valence-electron chi connectivity index (χ2n) is 3.63. The molecule has 1 aromatic carbocycles. The largest absolute Gasteiger partial charge is 0.450 e. The van der Waals surface area contributed by atoms with Crippen LogP contribution in [0.25, 0.3) is 0 Å². The van der Waals surface area contributed by atoms with Crippen LogP contribution >= 0.6 is 0 Å². The fourth-order valence-electron chi connectivity index (χ4n) is 1.29. The molecule has 0 saturated carbocycles. The summed E-state index contributed by atoms with van der Waals surface area (Å²) >= 11 is 0. The first-order chi connectivity index (χ1) is 9.22. The number of anilines is 1. The Morgan fingerprint density at radius 2 is 1.84 bits per heavy atom. The van der Waals surface area contributed by atoms with E-state index in [0.717, 1.165) is 0 Å². The topological polar surface area (TPSA) is 76.7 Å². The molecule has 0 aliphatic rings. The Labute approximate surface area is 112 Å². The fourth-order valence-corrected chi connectivity index (χ4v) is 1.29. The highest BCUT2D eigenvalue weighted by Crippen LogP contribution is 2.05. The van der Waals surface area contributed by atoms with Crippen molar-refractivity contribution in [3.05, 3.63) is 30.3 Å². The van der Waals surface area contributed by atoms with E-state index < -0.39 is 12.2 Å². The summed E-state index contributed by atoms with van der Waals surface area (Å²) in [6.45, 7) is 2.70. The third-order valence-electron chi connectivity index (χ3n) is 2.12. The third kappa shape index (κ3) is 6.92. The first-order valence-electron chi connectivity index (χ1n) is 6.12. The standard InChI is InChI=1S/C13H18N2O4/c1-2-18-12(16)14-9-6-10-19-13(17)15-11-7-4-3-5-8-11/h3-5,7-8H,2,6,9-10H2,1H3,(H,14,16)(H,15,17). The molecule has 6 heteroatoms. The highest BCUT2D eigenvalue weighted by molar-refractivity contribution is 5.84. The van der Waals surface area contributed by atoms with Crippen LogP contribution in [0.2, 0.25) is 0 Å².